The highest BCUT2D eigenvalue weighted by atomic mass is 15.3. The van der Waals surface area contributed by atoms with Crippen LogP contribution in [-0.2, 0) is 7.05 Å². The number of aromatic nitrogens is 3. The molecule has 2 atom stereocenters. The van der Waals surface area contributed by atoms with Gasteiger partial charge in [0.25, 0.3) is 0 Å². The van der Waals surface area contributed by atoms with Crippen molar-refractivity contribution in [1.82, 2.24) is 20.1 Å². The van der Waals surface area contributed by atoms with Crippen molar-refractivity contribution in [2.24, 2.45) is 13.0 Å². The van der Waals surface area contributed by atoms with E-state index in [4.69, 9.17) is 0 Å². The van der Waals surface area contributed by atoms with Gasteiger partial charge in [0, 0.05) is 19.5 Å². The minimum atomic E-state index is 0.534. The van der Waals surface area contributed by atoms with Crippen LogP contribution in [0.2, 0.25) is 0 Å². The second-order valence-corrected chi connectivity index (χ2v) is 3.91. The Morgan fingerprint density at radius 1 is 1.38 bits per heavy atom. The summed E-state index contributed by atoms with van der Waals surface area (Å²) in [5.41, 5.74) is 0. The minimum absolute atomic E-state index is 0.534. The maximum absolute atomic E-state index is 4.22. The minimum Gasteiger partial charge on any atom is -0.318 e. The van der Waals surface area contributed by atoms with Crippen molar-refractivity contribution in [2.75, 3.05) is 13.1 Å². The first-order chi connectivity index (χ1) is 6.20. The molecule has 2 heterocycles. The summed E-state index contributed by atoms with van der Waals surface area (Å²) in [4.78, 5) is 0. The summed E-state index contributed by atoms with van der Waals surface area (Å²) in [6.45, 7) is 6.38. The Labute approximate surface area is 78.4 Å². The average molecular weight is 180 g/mol. The second-order valence-electron chi connectivity index (χ2n) is 3.91. The molecule has 72 valence electrons. The van der Waals surface area contributed by atoms with Gasteiger partial charge < -0.3 is 9.88 Å². The number of aryl methyl sites for hydroxylation is 1. The van der Waals surface area contributed by atoms with Crippen molar-refractivity contribution in [2.45, 2.75) is 19.8 Å². The van der Waals surface area contributed by atoms with Gasteiger partial charge in [0.1, 0.15) is 11.6 Å². The van der Waals surface area contributed by atoms with E-state index in [2.05, 4.69) is 27.0 Å². The molecule has 1 N–H and O–H groups in total. The third-order valence-electron chi connectivity index (χ3n) is 2.98. The number of nitrogens with zero attached hydrogens (tertiary/aromatic N) is 3. The van der Waals surface area contributed by atoms with Crippen LogP contribution in [0.15, 0.2) is 0 Å². The van der Waals surface area contributed by atoms with Gasteiger partial charge in [0.05, 0.1) is 0 Å². The van der Waals surface area contributed by atoms with Gasteiger partial charge in [0.2, 0.25) is 0 Å². The second kappa shape index (κ2) is 3.10. The van der Waals surface area contributed by atoms with Crippen LogP contribution in [-0.4, -0.2) is 27.9 Å². The maximum atomic E-state index is 4.22. The number of rotatable bonds is 1. The Bertz CT molecular complexity index is 305. The van der Waals surface area contributed by atoms with Crippen molar-refractivity contribution < 1.29 is 0 Å². The predicted octanol–water partition coefficient (Wildman–Crippen LogP) is 0.446. The third-order valence-corrected chi connectivity index (χ3v) is 2.98. The molecule has 1 aliphatic heterocycles. The van der Waals surface area contributed by atoms with Crippen LogP contribution in [0.1, 0.15) is 24.5 Å². The molecule has 1 aromatic rings. The molecule has 1 aromatic heterocycles. The summed E-state index contributed by atoms with van der Waals surface area (Å²) in [6, 6.07) is 0. The number of nitrogens with one attached hydrogen (secondary N) is 1. The van der Waals surface area contributed by atoms with Crippen molar-refractivity contribution >= 4 is 0 Å². The molecule has 4 nitrogen and oxygen atoms in total. The van der Waals surface area contributed by atoms with Gasteiger partial charge >= 0.3 is 0 Å². The van der Waals surface area contributed by atoms with E-state index in [1.54, 1.807) is 0 Å². The van der Waals surface area contributed by atoms with E-state index in [1.807, 2.05) is 14.0 Å². The molecule has 0 aliphatic carbocycles. The normalized spacial score (nSPS) is 28.2. The van der Waals surface area contributed by atoms with Gasteiger partial charge in [-0.05, 0) is 19.4 Å². The fraction of sp³-hybridized carbons (Fsp3) is 0.778. The highest BCUT2D eigenvalue weighted by Crippen LogP contribution is 2.25. The van der Waals surface area contributed by atoms with Crippen molar-refractivity contribution in [1.29, 1.82) is 0 Å². The summed E-state index contributed by atoms with van der Waals surface area (Å²) in [6.07, 6.45) is 0. The quantitative estimate of drug-likeness (QED) is 0.682. The number of hydrogen-bond acceptors (Lipinski definition) is 3. The lowest BCUT2D eigenvalue weighted by Gasteiger charge is -2.12. The van der Waals surface area contributed by atoms with Crippen molar-refractivity contribution in [3.8, 4) is 0 Å². The lowest BCUT2D eigenvalue weighted by atomic mass is 9.97. The van der Waals surface area contributed by atoms with Gasteiger partial charge in [-0.25, -0.2) is 0 Å². The fourth-order valence-corrected chi connectivity index (χ4v) is 1.90. The molecule has 0 spiro atoms. The van der Waals surface area contributed by atoms with Gasteiger partial charge in [-0.15, -0.1) is 10.2 Å². The highest BCUT2D eigenvalue weighted by molar-refractivity contribution is 5.05. The summed E-state index contributed by atoms with van der Waals surface area (Å²) in [5.74, 6) is 3.32. The molecule has 2 rings (SSSR count). The number of hydrogen-bond donors (Lipinski definition) is 1. The summed E-state index contributed by atoms with van der Waals surface area (Å²) in [7, 11) is 2.04. The van der Waals surface area contributed by atoms with E-state index in [0.29, 0.717) is 11.8 Å². The first-order valence-corrected chi connectivity index (χ1v) is 4.76. The van der Waals surface area contributed by atoms with E-state index < -0.39 is 0 Å². The molecule has 0 aromatic carbocycles. The topological polar surface area (TPSA) is 42.7 Å². The van der Waals surface area contributed by atoms with E-state index in [1.165, 1.54) is 0 Å². The molecular formula is C9H16N4. The van der Waals surface area contributed by atoms with Crippen LogP contribution in [0.25, 0.3) is 0 Å². The smallest absolute Gasteiger partial charge is 0.137 e. The molecule has 0 bridgehead atoms. The molecular weight excluding hydrogens is 164 g/mol. The van der Waals surface area contributed by atoms with Crippen molar-refractivity contribution in [3.63, 3.8) is 0 Å². The van der Waals surface area contributed by atoms with Crippen LogP contribution < -0.4 is 5.32 Å². The van der Waals surface area contributed by atoms with Gasteiger partial charge in [-0.3, -0.25) is 0 Å². The standard InChI is InChI=1S/C9H16N4/c1-6-4-10-5-8(6)9-12-11-7(2)13(9)3/h6,8,10H,4-5H2,1-3H3. The Morgan fingerprint density at radius 2 is 2.15 bits per heavy atom. The first-order valence-electron chi connectivity index (χ1n) is 4.76. The molecule has 0 amide bonds. The van der Waals surface area contributed by atoms with E-state index in [9.17, 15) is 0 Å². The highest BCUT2D eigenvalue weighted by Gasteiger charge is 2.28. The van der Waals surface area contributed by atoms with Gasteiger partial charge in [0.15, 0.2) is 0 Å². The molecule has 1 aliphatic rings. The van der Waals surface area contributed by atoms with Crippen LogP contribution in [0.3, 0.4) is 0 Å². The monoisotopic (exact) mass is 180 g/mol. The Hall–Kier alpha value is -0.900. The molecule has 0 saturated carbocycles. The van der Waals surface area contributed by atoms with Gasteiger partial charge in [-0.2, -0.15) is 0 Å². The lowest BCUT2D eigenvalue weighted by molar-refractivity contribution is 0.527. The van der Waals surface area contributed by atoms with E-state index >= 15 is 0 Å². The Balaban J connectivity index is 2.29. The van der Waals surface area contributed by atoms with Gasteiger partial charge in [-0.1, -0.05) is 6.92 Å². The molecule has 2 unspecified atom stereocenters. The van der Waals surface area contributed by atoms with Crippen LogP contribution in [0.5, 0.6) is 0 Å². The van der Waals surface area contributed by atoms with Crippen LogP contribution >= 0.6 is 0 Å². The first kappa shape index (κ1) is 8.69. The molecule has 13 heavy (non-hydrogen) atoms. The summed E-state index contributed by atoms with van der Waals surface area (Å²) in [5, 5.41) is 11.7. The average Bonchev–Trinajstić information content (AvgIpc) is 2.62. The molecule has 0 radical (unpaired) electrons. The SMILES string of the molecule is Cc1nnc(C2CNCC2C)n1C. The zero-order valence-corrected chi connectivity index (χ0v) is 8.41. The zero-order chi connectivity index (χ0) is 9.42. The van der Waals surface area contributed by atoms with Crippen LogP contribution in [0, 0.1) is 12.8 Å². The Morgan fingerprint density at radius 3 is 2.62 bits per heavy atom. The lowest BCUT2D eigenvalue weighted by Crippen LogP contribution is -2.13. The zero-order valence-electron chi connectivity index (χ0n) is 8.41. The maximum Gasteiger partial charge on any atom is 0.137 e. The molecule has 1 saturated heterocycles. The predicted molar refractivity (Wildman–Crippen MR) is 50.5 cm³/mol. The summed E-state index contributed by atoms with van der Waals surface area (Å²) < 4.78 is 2.09. The molecule has 4 heteroatoms. The third kappa shape index (κ3) is 1.35. The Kier molecular flexibility index (Phi) is 2.07. The van der Waals surface area contributed by atoms with Crippen LogP contribution in [0.4, 0.5) is 0 Å². The van der Waals surface area contributed by atoms with E-state index in [-0.39, 0.29) is 0 Å². The van der Waals surface area contributed by atoms with Crippen molar-refractivity contribution in [3.05, 3.63) is 11.6 Å². The molecule has 1 fully saturated rings. The fourth-order valence-electron chi connectivity index (χ4n) is 1.90. The summed E-state index contributed by atoms with van der Waals surface area (Å²) >= 11 is 0. The largest absolute Gasteiger partial charge is 0.318 e. The van der Waals surface area contributed by atoms with E-state index in [0.717, 1.165) is 24.7 Å².